The highest BCUT2D eigenvalue weighted by Crippen LogP contribution is 2.34. The first-order valence-electron chi connectivity index (χ1n) is 6.26. The number of rotatable bonds is 3. The van der Waals surface area contributed by atoms with E-state index in [1.54, 1.807) is 17.5 Å². The number of thiophene rings is 1. The van der Waals surface area contributed by atoms with Gasteiger partial charge in [-0.1, -0.05) is 29.8 Å². The van der Waals surface area contributed by atoms with Gasteiger partial charge in [-0.25, -0.2) is 4.68 Å². The van der Waals surface area contributed by atoms with Crippen LogP contribution in [-0.4, -0.2) is 9.78 Å². The Morgan fingerprint density at radius 2 is 2.05 bits per heavy atom. The van der Waals surface area contributed by atoms with Gasteiger partial charge in [0.2, 0.25) is 0 Å². The van der Waals surface area contributed by atoms with Gasteiger partial charge in [0.25, 0.3) is 0 Å². The number of aryl methyl sites for hydroxylation is 1. The Balaban J connectivity index is 1.92. The maximum atomic E-state index is 6.29. The van der Waals surface area contributed by atoms with Crippen LogP contribution in [0.2, 0.25) is 5.02 Å². The van der Waals surface area contributed by atoms with Gasteiger partial charge in [0.1, 0.15) is 0 Å². The zero-order chi connectivity index (χ0) is 14.1. The smallest absolute Gasteiger partial charge is 0.0692 e. The van der Waals surface area contributed by atoms with Crippen LogP contribution in [0.25, 0.3) is 5.69 Å². The van der Waals surface area contributed by atoms with Crippen molar-refractivity contribution in [2.75, 3.05) is 0 Å². The summed E-state index contributed by atoms with van der Waals surface area (Å²) in [5.41, 5.74) is 9.33. The van der Waals surface area contributed by atoms with Crippen molar-refractivity contribution in [3.63, 3.8) is 0 Å². The van der Waals surface area contributed by atoms with Gasteiger partial charge in [0.05, 0.1) is 22.9 Å². The van der Waals surface area contributed by atoms with E-state index in [-0.39, 0.29) is 6.04 Å². The first-order chi connectivity index (χ1) is 9.66. The lowest BCUT2D eigenvalue weighted by Crippen LogP contribution is -2.09. The molecule has 1 unspecified atom stereocenters. The van der Waals surface area contributed by atoms with Crippen molar-refractivity contribution in [1.82, 2.24) is 9.78 Å². The minimum atomic E-state index is -0.237. The van der Waals surface area contributed by atoms with Crippen molar-refractivity contribution >= 4 is 22.9 Å². The Morgan fingerprint density at radius 3 is 2.70 bits per heavy atom. The van der Waals surface area contributed by atoms with Crippen LogP contribution in [0.3, 0.4) is 0 Å². The Labute approximate surface area is 126 Å². The third kappa shape index (κ3) is 2.38. The second kappa shape index (κ2) is 5.40. The first-order valence-corrected chi connectivity index (χ1v) is 7.51. The van der Waals surface area contributed by atoms with Crippen LogP contribution in [0.5, 0.6) is 0 Å². The van der Waals surface area contributed by atoms with Gasteiger partial charge in [0.15, 0.2) is 0 Å². The van der Waals surface area contributed by atoms with Crippen LogP contribution in [0, 0.1) is 6.92 Å². The summed E-state index contributed by atoms with van der Waals surface area (Å²) in [7, 11) is 0. The summed E-state index contributed by atoms with van der Waals surface area (Å²) >= 11 is 7.87. The Bertz CT molecular complexity index is 718. The summed E-state index contributed by atoms with van der Waals surface area (Å²) < 4.78 is 1.82. The molecule has 0 aliphatic heterocycles. The largest absolute Gasteiger partial charge is 0.319 e. The fourth-order valence-electron chi connectivity index (χ4n) is 2.03. The normalized spacial score (nSPS) is 12.6. The van der Waals surface area contributed by atoms with Gasteiger partial charge in [-0.05, 0) is 30.0 Å². The topological polar surface area (TPSA) is 43.8 Å². The van der Waals surface area contributed by atoms with Crippen molar-refractivity contribution in [2.45, 2.75) is 13.0 Å². The number of aromatic nitrogens is 2. The number of nitrogens with zero attached hydrogens (tertiary/aromatic N) is 2. The second-order valence-corrected chi connectivity index (χ2v) is 5.92. The molecule has 0 radical (unpaired) electrons. The molecule has 0 spiro atoms. The van der Waals surface area contributed by atoms with E-state index in [1.807, 2.05) is 53.5 Å². The minimum Gasteiger partial charge on any atom is -0.319 e. The minimum absolute atomic E-state index is 0.237. The van der Waals surface area contributed by atoms with Crippen LogP contribution in [0.1, 0.15) is 22.0 Å². The van der Waals surface area contributed by atoms with E-state index in [4.69, 9.17) is 17.3 Å². The molecule has 0 bridgehead atoms. The first kappa shape index (κ1) is 13.4. The van der Waals surface area contributed by atoms with Crippen LogP contribution in [0.4, 0.5) is 0 Å². The molecule has 3 nitrogen and oxygen atoms in total. The van der Waals surface area contributed by atoms with Crippen molar-refractivity contribution in [3.05, 3.63) is 69.1 Å². The van der Waals surface area contributed by atoms with Gasteiger partial charge in [-0.2, -0.15) is 5.10 Å². The number of hydrogen-bond donors (Lipinski definition) is 1. The monoisotopic (exact) mass is 303 g/mol. The number of nitrogens with two attached hydrogens (primary N) is 1. The molecule has 20 heavy (non-hydrogen) atoms. The van der Waals surface area contributed by atoms with E-state index in [1.165, 1.54) is 0 Å². The van der Waals surface area contributed by atoms with E-state index in [0.29, 0.717) is 0 Å². The molecule has 2 heterocycles. The fraction of sp³-hybridized carbons (Fsp3) is 0.133. The molecule has 1 atom stereocenters. The summed E-state index contributed by atoms with van der Waals surface area (Å²) in [4.78, 5) is 0.983. The Kier molecular flexibility index (Phi) is 3.61. The van der Waals surface area contributed by atoms with Crippen molar-refractivity contribution < 1.29 is 0 Å². The maximum Gasteiger partial charge on any atom is 0.0692 e. The van der Waals surface area contributed by atoms with Crippen molar-refractivity contribution in [2.24, 2.45) is 5.73 Å². The van der Waals surface area contributed by atoms with Gasteiger partial charge < -0.3 is 5.73 Å². The maximum absolute atomic E-state index is 6.29. The number of para-hydroxylation sites is 1. The number of benzene rings is 1. The third-order valence-electron chi connectivity index (χ3n) is 3.19. The molecule has 2 aromatic heterocycles. The molecular formula is C15H14ClN3S. The predicted molar refractivity (Wildman–Crippen MR) is 83.7 cm³/mol. The van der Waals surface area contributed by atoms with Crippen molar-refractivity contribution in [3.8, 4) is 5.69 Å². The average Bonchev–Trinajstić information content (AvgIpc) is 3.08. The molecule has 2 N–H and O–H groups in total. The molecule has 102 valence electrons. The zero-order valence-corrected chi connectivity index (χ0v) is 12.5. The number of hydrogen-bond acceptors (Lipinski definition) is 3. The SMILES string of the molecule is Cc1csc(C(N)c2cnn(-c3ccccc3)c2)c1Cl. The standard InChI is InChI=1S/C15H14ClN3S/c1-10-9-20-15(13(10)16)14(17)11-7-18-19(8-11)12-5-3-2-4-6-12/h2-9,14H,17H2,1H3. The molecule has 0 aliphatic carbocycles. The summed E-state index contributed by atoms with van der Waals surface area (Å²) in [5, 5.41) is 7.15. The van der Waals surface area contributed by atoms with Crippen LogP contribution >= 0.6 is 22.9 Å². The highest BCUT2D eigenvalue weighted by atomic mass is 35.5. The Hall–Kier alpha value is -1.62. The summed E-state index contributed by atoms with van der Waals surface area (Å²) in [5.74, 6) is 0. The average molecular weight is 304 g/mol. The van der Waals surface area contributed by atoms with Gasteiger partial charge >= 0.3 is 0 Å². The van der Waals surface area contributed by atoms with Crippen molar-refractivity contribution in [1.29, 1.82) is 0 Å². The van der Waals surface area contributed by atoms with Crippen LogP contribution in [0.15, 0.2) is 48.1 Å². The highest BCUT2D eigenvalue weighted by Gasteiger charge is 2.17. The summed E-state index contributed by atoms with van der Waals surface area (Å²) in [6, 6.07) is 9.72. The molecule has 3 aromatic rings. The molecule has 1 aromatic carbocycles. The molecule has 0 saturated carbocycles. The molecule has 0 amide bonds. The van der Waals surface area contributed by atoms with Crippen LogP contribution in [-0.2, 0) is 0 Å². The highest BCUT2D eigenvalue weighted by molar-refractivity contribution is 7.10. The molecule has 3 rings (SSSR count). The zero-order valence-electron chi connectivity index (χ0n) is 11.0. The van der Waals surface area contributed by atoms with E-state index in [9.17, 15) is 0 Å². The molecular weight excluding hydrogens is 290 g/mol. The fourth-order valence-corrected chi connectivity index (χ4v) is 3.37. The summed E-state index contributed by atoms with van der Waals surface area (Å²) in [6.45, 7) is 1.99. The quantitative estimate of drug-likeness (QED) is 0.796. The molecule has 0 saturated heterocycles. The van der Waals surface area contributed by atoms with Gasteiger partial charge in [0, 0.05) is 16.6 Å². The van der Waals surface area contributed by atoms with E-state index >= 15 is 0 Å². The lowest BCUT2D eigenvalue weighted by atomic mass is 10.1. The van der Waals surface area contributed by atoms with Crippen LogP contribution < -0.4 is 5.73 Å². The molecule has 5 heteroatoms. The number of halogens is 1. The Morgan fingerprint density at radius 1 is 1.30 bits per heavy atom. The van der Waals surface area contributed by atoms with Gasteiger partial charge in [-0.15, -0.1) is 11.3 Å². The van der Waals surface area contributed by atoms with Gasteiger partial charge in [-0.3, -0.25) is 0 Å². The molecule has 0 fully saturated rings. The van der Waals surface area contributed by atoms with E-state index in [0.717, 1.165) is 26.7 Å². The lowest BCUT2D eigenvalue weighted by Gasteiger charge is -2.07. The molecule has 0 aliphatic rings. The lowest BCUT2D eigenvalue weighted by molar-refractivity contribution is 0.871. The third-order valence-corrected chi connectivity index (χ3v) is 4.99. The summed E-state index contributed by atoms with van der Waals surface area (Å²) in [6.07, 6.45) is 3.74. The van der Waals surface area contributed by atoms with E-state index in [2.05, 4.69) is 5.10 Å². The van der Waals surface area contributed by atoms with E-state index < -0.39 is 0 Å². The second-order valence-electron chi connectivity index (χ2n) is 4.63. The predicted octanol–water partition coefficient (Wildman–Crippen LogP) is 3.94.